The largest absolute Gasteiger partial charge is 0.426 e. The van der Waals surface area contributed by atoms with Crippen molar-refractivity contribution in [3.63, 3.8) is 0 Å². The third-order valence-corrected chi connectivity index (χ3v) is 5.22. The Balaban J connectivity index is 1.42. The first-order valence-electron chi connectivity index (χ1n) is 9.13. The standard InChI is InChI=1S/C20H23N3O4/c1-21(2)20(25)23-11-10-14-12-22(13-16(14)23)19(24)17-8-9-18(27-17)26-15-6-4-3-5-7-15/h3-9,14,16H,10-13H2,1-2H3/t14-,16+/m0/s1. The van der Waals surface area contributed by atoms with Gasteiger partial charge >= 0.3 is 6.03 Å². The molecule has 2 aromatic rings. The fourth-order valence-corrected chi connectivity index (χ4v) is 3.87. The van der Waals surface area contributed by atoms with Crippen LogP contribution in [0.1, 0.15) is 17.0 Å². The Kier molecular flexibility index (Phi) is 4.51. The molecule has 2 aliphatic rings. The molecule has 142 valence electrons. The van der Waals surface area contributed by atoms with Gasteiger partial charge in [0, 0.05) is 45.7 Å². The number of urea groups is 1. The molecule has 4 rings (SSSR count). The zero-order valence-electron chi connectivity index (χ0n) is 15.5. The molecule has 2 fully saturated rings. The highest BCUT2D eigenvalue weighted by atomic mass is 16.6. The number of nitrogens with zero attached hydrogens (tertiary/aromatic N) is 3. The Hall–Kier alpha value is -2.96. The molecule has 2 aliphatic heterocycles. The van der Waals surface area contributed by atoms with Gasteiger partial charge in [0.25, 0.3) is 11.9 Å². The van der Waals surface area contributed by atoms with Gasteiger partial charge < -0.3 is 23.9 Å². The fourth-order valence-electron chi connectivity index (χ4n) is 3.87. The van der Waals surface area contributed by atoms with Gasteiger partial charge in [-0.2, -0.15) is 0 Å². The van der Waals surface area contributed by atoms with Crippen molar-refractivity contribution in [2.75, 3.05) is 33.7 Å². The molecule has 27 heavy (non-hydrogen) atoms. The van der Waals surface area contributed by atoms with Crippen LogP contribution in [0.4, 0.5) is 4.79 Å². The van der Waals surface area contributed by atoms with Crippen molar-refractivity contribution in [3.8, 4) is 11.7 Å². The van der Waals surface area contributed by atoms with E-state index >= 15 is 0 Å². The lowest BCUT2D eigenvalue weighted by molar-refractivity contribution is 0.0735. The summed E-state index contributed by atoms with van der Waals surface area (Å²) in [6.07, 6.45) is 0.925. The Morgan fingerprint density at radius 1 is 1.11 bits per heavy atom. The number of carbonyl (C=O) groups is 2. The molecule has 0 saturated carbocycles. The van der Waals surface area contributed by atoms with E-state index in [-0.39, 0.29) is 29.7 Å². The van der Waals surface area contributed by atoms with Crippen LogP contribution >= 0.6 is 0 Å². The van der Waals surface area contributed by atoms with E-state index in [1.807, 2.05) is 35.2 Å². The summed E-state index contributed by atoms with van der Waals surface area (Å²) in [6.45, 7) is 1.94. The highest BCUT2D eigenvalue weighted by Gasteiger charge is 2.45. The summed E-state index contributed by atoms with van der Waals surface area (Å²) < 4.78 is 11.2. The molecule has 0 N–H and O–H groups in total. The quantitative estimate of drug-likeness (QED) is 0.834. The number of rotatable bonds is 3. The second-order valence-corrected chi connectivity index (χ2v) is 7.23. The van der Waals surface area contributed by atoms with E-state index in [4.69, 9.17) is 9.15 Å². The van der Waals surface area contributed by atoms with Crippen LogP contribution in [-0.4, -0.2) is 66.4 Å². The molecule has 2 saturated heterocycles. The number of benzene rings is 1. The molecule has 0 spiro atoms. The van der Waals surface area contributed by atoms with E-state index in [1.165, 1.54) is 0 Å². The van der Waals surface area contributed by atoms with Crippen molar-refractivity contribution in [3.05, 3.63) is 48.2 Å². The average Bonchev–Trinajstić information content (AvgIpc) is 3.37. The number of hydrogen-bond donors (Lipinski definition) is 0. The number of furan rings is 1. The number of fused-ring (bicyclic) bond motifs is 1. The maximum atomic E-state index is 12.8. The second kappa shape index (κ2) is 6.98. The first-order chi connectivity index (χ1) is 13.0. The van der Waals surface area contributed by atoms with E-state index in [0.717, 1.165) is 13.0 Å². The summed E-state index contributed by atoms with van der Waals surface area (Å²) in [5.41, 5.74) is 0. The summed E-state index contributed by atoms with van der Waals surface area (Å²) in [4.78, 5) is 30.4. The molecular weight excluding hydrogens is 346 g/mol. The summed E-state index contributed by atoms with van der Waals surface area (Å²) in [7, 11) is 3.51. The van der Waals surface area contributed by atoms with E-state index < -0.39 is 0 Å². The number of amides is 3. The Morgan fingerprint density at radius 2 is 1.89 bits per heavy atom. The minimum Gasteiger partial charge on any atom is -0.426 e. The maximum absolute atomic E-state index is 12.8. The minimum atomic E-state index is -0.162. The van der Waals surface area contributed by atoms with Gasteiger partial charge in [-0.25, -0.2) is 4.79 Å². The molecule has 0 bridgehead atoms. The number of ether oxygens (including phenoxy) is 1. The van der Waals surface area contributed by atoms with Crippen molar-refractivity contribution in [2.24, 2.45) is 5.92 Å². The normalized spacial score (nSPS) is 21.3. The lowest BCUT2D eigenvalue weighted by atomic mass is 10.1. The van der Waals surface area contributed by atoms with Gasteiger partial charge in [-0.05, 0) is 24.6 Å². The van der Waals surface area contributed by atoms with Crippen molar-refractivity contribution in [2.45, 2.75) is 12.5 Å². The molecule has 2 atom stereocenters. The molecule has 0 aliphatic carbocycles. The van der Waals surface area contributed by atoms with Crippen LogP contribution in [0.3, 0.4) is 0 Å². The molecule has 7 heteroatoms. The monoisotopic (exact) mass is 369 g/mol. The Labute approximate surface area is 158 Å². The minimum absolute atomic E-state index is 0.00773. The van der Waals surface area contributed by atoms with E-state index in [9.17, 15) is 9.59 Å². The number of para-hydroxylation sites is 1. The van der Waals surface area contributed by atoms with Crippen molar-refractivity contribution >= 4 is 11.9 Å². The first kappa shape index (κ1) is 17.5. The van der Waals surface area contributed by atoms with E-state index in [2.05, 4.69) is 0 Å². The summed E-state index contributed by atoms with van der Waals surface area (Å²) in [6, 6.07) is 12.7. The van der Waals surface area contributed by atoms with Crippen LogP contribution in [0, 0.1) is 5.92 Å². The van der Waals surface area contributed by atoms with Gasteiger partial charge in [-0.15, -0.1) is 0 Å². The predicted molar refractivity (Wildman–Crippen MR) is 98.8 cm³/mol. The smallest absolute Gasteiger partial charge is 0.319 e. The number of likely N-dealkylation sites (tertiary alicyclic amines) is 2. The van der Waals surface area contributed by atoms with Crippen LogP contribution < -0.4 is 4.74 Å². The van der Waals surface area contributed by atoms with Crippen LogP contribution in [-0.2, 0) is 0 Å². The van der Waals surface area contributed by atoms with Gasteiger partial charge in [0.15, 0.2) is 5.76 Å². The van der Waals surface area contributed by atoms with Gasteiger partial charge in [0.1, 0.15) is 5.75 Å². The maximum Gasteiger partial charge on any atom is 0.319 e. The molecule has 1 aromatic heterocycles. The lowest BCUT2D eigenvalue weighted by Gasteiger charge is -2.27. The summed E-state index contributed by atoms with van der Waals surface area (Å²) >= 11 is 0. The number of hydrogen-bond acceptors (Lipinski definition) is 4. The van der Waals surface area contributed by atoms with E-state index in [0.29, 0.717) is 24.8 Å². The SMILES string of the molecule is CN(C)C(=O)N1CC[C@H]2CN(C(=O)c3ccc(Oc4ccccc4)o3)C[C@H]21. The van der Waals surface area contributed by atoms with Crippen LogP contribution in [0.5, 0.6) is 11.7 Å². The zero-order valence-corrected chi connectivity index (χ0v) is 15.5. The predicted octanol–water partition coefficient (Wildman–Crippen LogP) is 2.90. The first-order valence-corrected chi connectivity index (χ1v) is 9.13. The third kappa shape index (κ3) is 3.37. The van der Waals surface area contributed by atoms with E-state index in [1.54, 1.807) is 36.0 Å². The highest BCUT2D eigenvalue weighted by molar-refractivity contribution is 5.92. The zero-order chi connectivity index (χ0) is 19.0. The van der Waals surface area contributed by atoms with Crippen molar-refractivity contribution in [1.82, 2.24) is 14.7 Å². The average molecular weight is 369 g/mol. The van der Waals surface area contributed by atoms with Crippen molar-refractivity contribution in [1.29, 1.82) is 0 Å². The molecular formula is C20H23N3O4. The number of carbonyl (C=O) groups excluding carboxylic acids is 2. The van der Waals surface area contributed by atoms with Gasteiger partial charge in [-0.3, -0.25) is 4.79 Å². The van der Waals surface area contributed by atoms with Crippen LogP contribution in [0.2, 0.25) is 0 Å². The molecule has 1 aromatic carbocycles. The molecule has 0 radical (unpaired) electrons. The Bertz CT molecular complexity index is 833. The molecule has 3 amide bonds. The lowest BCUT2D eigenvalue weighted by Crippen LogP contribution is -2.45. The van der Waals surface area contributed by atoms with Crippen molar-refractivity contribution < 1.29 is 18.7 Å². The van der Waals surface area contributed by atoms with Crippen LogP contribution in [0.15, 0.2) is 46.9 Å². The van der Waals surface area contributed by atoms with Gasteiger partial charge in [-0.1, -0.05) is 18.2 Å². The second-order valence-electron chi connectivity index (χ2n) is 7.23. The molecule has 3 heterocycles. The fraction of sp³-hybridized carbons (Fsp3) is 0.400. The van der Waals surface area contributed by atoms with Crippen LogP contribution in [0.25, 0.3) is 0 Å². The molecule has 0 unspecified atom stereocenters. The van der Waals surface area contributed by atoms with Gasteiger partial charge in [0.2, 0.25) is 0 Å². The molecule has 7 nitrogen and oxygen atoms in total. The summed E-state index contributed by atoms with van der Waals surface area (Å²) in [5.74, 6) is 1.36. The third-order valence-electron chi connectivity index (χ3n) is 5.22. The topological polar surface area (TPSA) is 66.2 Å². The highest BCUT2D eigenvalue weighted by Crippen LogP contribution is 2.33. The Morgan fingerprint density at radius 3 is 2.63 bits per heavy atom. The van der Waals surface area contributed by atoms with Gasteiger partial charge in [0.05, 0.1) is 6.04 Å². The summed E-state index contributed by atoms with van der Waals surface area (Å²) in [5, 5.41) is 0.